The van der Waals surface area contributed by atoms with Gasteiger partial charge in [0.1, 0.15) is 0 Å². The molecule has 0 spiro atoms. The standard InChI is InChI=1S/C18H11F3N2O4.Li/c19-18(20,21)11-7-5-10(6-8-11)15-14(22-9-27-15)16(24)23-13-4-2-1-3-12(13)17(25)26;/h1-9H,(H,23,24)(H,25,26);/q;+1/p-1. The summed E-state index contributed by atoms with van der Waals surface area (Å²) in [5.41, 5.74) is -1.09. The van der Waals surface area contributed by atoms with Gasteiger partial charge >= 0.3 is 25.0 Å². The monoisotopic (exact) mass is 382 g/mol. The van der Waals surface area contributed by atoms with Gasteiger partial charge in [-0.2, -0.15) is 13.2 Å². The first-order chi connectivity index (χ1) is 12.8. The van der Waals surface area contributed by atoms with Crippen LogP contribution in [-0.2, 0) is 6.18 Å². The van der Waals surface area contributed by atoms with Crippen LogP contribution in [0.2, 0.25) is 0 Å². The van der Waals surface area contributed by atoms with Crippen LogP contribution in [-0.4, -0.2) is 16.9 Å². The molecule has 0 aliphatic rings. The van der Waals surface area contributed by atoms with Crippen molar-refractivity contribution < 1.29 is 51.1 Å². The Hall–Kier alpha value is -3.02. The molecule has 3 rings (SSSR count). The molecule has 2 aromatic carbocycles. The van der Waals surface area contributed by atoms with Gasteiger partial charge in [-0.05, 0) is 18.2 Å². The van der Waals surface area contributed by atoms with Gasteiger partial charge in [-0.25, -0.2) is 4.98 Å². The first-order valence-electron chi connectivity index (χ1n) is 7.50. The molecule has 0 bridgehead atoms. The average Bonchev–Trinajstić information content (AvgIpc) is 3.11. The van der Waals surface area contributed by atoms with Crippen molar-refractivity contribution in [3.63, 3.8) is 0 Å². The Morgan fingerprint density at radius 2 is 1.68 bits per heavy atom. The molecule has 1 aromatic heterocycles. The van der Waals surface area contributed by atoms with Crippen molar-refractivity contribution in [2.24, 2.45) is 0 Å². The van der Waals surface area contributed by atoms with Gasteiger partial charge in [0.15, 0.2) is 17.8 Å². The number of aromatic carboxylic acids is 1. The van der Waals surface area contributed by atoms with Crippen LogP contribution < -0.4 is 29.3 Å². The van der Waals surface area contributed by atoms with Crippen molar-refractivity contribution in [1.29, 1.82) is 0 Å². The van der Waals surface area contributed by atoms with Gasteiger partial charge < -0.3 is 19.6 Å². The molecule has 1 amide bonds. The summed E-state index contributed by atoms with van der Waals surface area (Å²) in [6, 6.07) is 9.60. The first kappa shape index (κ1) is 21.3. The van der Waals surface area contributed by atoms with E-state index in [1.807, 2.05) is 0 Å². The zero-order valence-electron chi connectivity index (χ0n) is 14.4. The molecule has 3 aromatic rings. The molecule has 0 saturated carbocycles. The number of alkyl halides is 3. The summed E-state index contributed by atoms with van der Waals surface area (Å²) in [6.45, 7) is 0. The second-order valence-corrected chi connectivity index (χ2v) is 5.39. The minimum absolute atomic E-state index is 0. The van der Waals surface area contributed by atoms with Crippen molar-refractivity contribution in [2.75, 3.05) is 5.32 Å². The maximum atomic E-state index is 12.7. The zero-order chi connectivity index (χ0) is 19.6. The molecule has 0 saturated heterocycles. The number of nitrogens with zero attached hydrogens (tertiary/aromatic N) is 1. The van der Waals surface area contributed by atoms with E-state index in [0.29, 0.717) is 0 Å². The van der Waals surface area contributed by atoms with E-state index >= 15 is 0 Å². The van der Waals surface area contributed by atoms with E-state index in [9.17, 15) is 27.9 Å². The van der Waals surface area contributed by atoms with Gasteiger partial charge in [0, 0.05) is 11.1 Å². The van der Waals surface area contributed by atoms with Gasteiger partial charge in [-0.1, -0.05) is 30.3 Å². The summed E-state index contributed by atoms with van der Waals surface area (Å²) in [7, 11) is 0. The number of carbonyl (C=O) groups excluding carboxylic acids is 2. The van der Waals surface area contributed by atoms with E-state index in [1.54, 1.807) is 0 Å². The molecule has 0 fully saturated rings. The number of halogens is 3. The number of carboxylic acids is 1. The Kier molecular flexibility index (Phi) is 6.33. The molecule has 6 nitrogen and oxygen atoms in total. The number of oxazole rings is 1. The van der Waals surface area contributed by atoms with Gasteiger partial charge in [0.05, 0.1) is 17.2 Å². The summed E-state index contributed by atoms with van der Waals surface area (Å²) in [5, 5.41) is 13.5. The van der Waals surface area contributed by atoms with Crippen LogP contribution in [0, 0.1) is 0 Å². The summed E-state index contributed by atoms with van der Waals surface area (Å²) < 4.78 is 43.1. The number of rotatable bonds is 4. The minimum Gasteiger partial charge on any atom is -0.545 e. The summed E-state index contributed by atoms with van der Waals surface area (Å²) in [5.74, 6) is -2.31. The fourth-order valence-corrected chi connectivity index (χ4v) is 2.37. The van der Waals surface area contributed by atoms with Gasteiger partial charge in [-0.3, -0.25) is 4.79 Å². The van der Waals surface area contributed by atoms with Crippen molar-refractivity contribution in [1.82, 2.24) is 4.98 Å². The number of amides is 1. The Bertz CT molecular complexity index is 1000. The minimum atomic E-state index is -4.49. The molecule has 0 radical (unpaired) electrons. The molecule has 1 heterocycles. The fourth-order valence-electron chi connectivity index (χ4n) is 2.37. The molecule has 0 unspecified atom stereocenters. The molecule has 28 heavy (non-hydrogen) atoms. The summed E-state index contributed by atoms with van der Waals surface area (Å²) >= 11 is 0. The number of carboxylic acid groups (broad SMARTS) is 1. The van der Waals surface area contributed by atoms with Crippen LogP contribution in [0.25, 0.3) is 11.3 Å². The molecule has 0 aliphatic heterocycles. The van der Waals surface area contributed by atoms with Crippen molar-refractivity contribution in [2.45, 2.75) is 6.18 Å². The van der Waals surface area contributed by atoms with E-state index in [0.717, 1.165) is 30.7 Å². The van der Waals surface area contributed by atoms with Gasteiger partial charge in [-0.15, -0.1) is 0 Å². The predicted molar refractivity (Wildman–Crippen MR) is 85.7 cm³/mol. The van der Waals surface area contributed by atoms with Crippen LogP contribution in [0.4, 0.5) is 18.9 Å². The topological polar surface area (TPSA) is 95.3 Å². The molecule has 1 N–H and O–H groups in total. The van der Waals surface area contributed by atoms with Gasteiger partial charge in [0.25, 0.3) is 5.91 Å². The second kappa shape index (κ2) is 8.33. The average molecular weight is 382 g/mol. The fraction of sp³-hybridized carbons (Fsp3) is 0.0556. The molecule has 10 heteroatoms. The van der Waals surface area contributed by atoms with E-state index in [1.165, 1.54) is 24.3 Å². The number of nitrogens with one attached hydrogen (secondary N) is 1. The van der Waals surface area contributed by atoms with E-state index in [4.69, 9.17) is 4.42 Å². The Morgan fingerprint density at radius 1 is 1.04 bits per heavy atom. The number of carbonyl (C=O) groups is 2. The van der Waals surface area contributed by atoms with E-state index in [-0.39, 0.29) is 47.1 Å². The number of anilines is 1. The Labute approximate surface area is 168 Å². The quantitative estimate of drug-likeness (QED) is 0.640. The third kappa shape index (κ3) is 4.44. The maximum Gasteiger partial charge on any atom is 1.00 e. The molecular weight excluding hydrogens is 372 g/mol. The third-order valence-corrected chi connectivity index (χ3v) is 3.65. The SMILES string of the molecule is O=C([O-])c1ccccc1NC(=O)c1ncoc1-c1ccc(C(F)(F)F)cc1.[Li+]. The predicted octanol–water partition coefficient (Wildman–Crippen LogP) is -0.0198. The van der Waals surface area contributed by atoms with Crippen LogP contribution in [0.5, 0.6) is 0 Å². The zero-order valence-corrected chi connectivity index (χ0v) is 14.4. The van der Waals surface area contributed by atoms with Crippen LogP contribution in [0.1, 0.15) is 26.4 Å². The molecular formula is C18H10F3LiN2O4. The van der Waals surface area contributed by atoms with E-state index < -0.39 is 23.6 Å². The Morgan fingerprint density at radius 3 is 2.29 bits per heavy atom. The molecule has 0 aliphatic carbocycles. The number of benzene rings is 2. The van der Waals surface area contributed by atoms with Gasteiger partial charge in [0.2, 0.25) is 0 Å². The maximum absolute atomic E-state index is 12.7. The molecule has 138 valence electrons. The smallest absolute Gasteiger partial charge is 0.545 e. The first-order valence-corrected chi connectivity index (χ1v) is 7.50. The second-order valence-electron chi connectivity index (χ2n) is 5.39. The van der Waals surface area contributed by atoms with Crippen molar-refractivity contribution in [3.8, 4) is 11.3 Å². The molecule has 0 atom stereocenters. The number of aromatic nitrogens is 1. The van der Waals surface area contributed by atoms with Crippen molar-refractivity contribution >= 4 is 17.6 Å². The third-order valence-electron chi connectivity index (χ3n) is 3.65. The largest absolute Gasteiger partial charge is 1.00 e. The van der Waals surface area contributed by atoms with Crippen LogP contribution >= 0.6 is 0 Å². The van der Waals surface area contributed by atoms with Crippen molar-refractivity contribution in [3.05, 3.63) is 71.7 Å². The Balaban J connectivity index is 0.00000280. The normalized spacial score (nSPS) is 10.8. The van der Waals surface area contributed by atoms with E-state index in [2.05, 4.69) is 10.3 Å². The summed E-state index contributed by atoms with van der Waals surface area (Å²) in [4.78, 5) is 27.3. The summed E-state index contributed by atoms with van der Waals surface area (Å²) in [6.07, 6.45) is -3.53. The number of para-hydroxylation sites is 1. The van der Waals surface area contributed by atoms with Crippen LogP contribution in [0.15, 0.2) is 59.3 Å². The number of hydrogen-bond acceptors (Lipinski definition) is 5. The van der Waals surface area contributed by atoms with Crippen LogP contribution in [0.3, 0.4) is 0 Å². The number of hydrogen-bond donors (Lipinski definition) is 1.